The Morgan fingerprint density at radius 3 is 2.48 bits per heavy atom. The van der Waals surface area contributed by atoms with E-state index in [0.717, 1.165) is 33.8 Å². The minimum atomic E-state index is 0.133. The number of nitrogens with zero attached hydrogens (tertiary/aromatic N) is 2. The van der Waals surface area contributed by atoms with Gasteiger partial charge in [0.05, 0.1) is 5.75 Å². The Labute approximate surface area is 158 Å². The van der Waals surface area contributed by atoms with Crippen LogP contribution in [-0.4, -0.2) is 34.4 Å². The van der Waals surface area contributed by atoms with Gasteiger partial charge in [-0.1, -0.05) is 23.1 Å². The van der Waals surface area contributed by atoms with Crippen LogP contribution in [0.4, 0.5) is 5.13 Å². The molecule has 0 aromatic carbocycles. The van der Waals surface area contributed by atoms with E-state index >= 15 is 0 Å². The lowest BCUT2D eigenvalue weighted by Gasteiger charge is -2.59. The van der Waals surface area contributed by atoms with Crippen LogP contribution in [0.1, 0.15) is 52.4 Å². The van der Waals surface area contributed by atoms with Gasteiger partial charge in [0.25, 0.3) is 0 Å². The van der Waals surface area contributed by atoms with Gasteiger partial charge in [0.15, 0.2) is 4.34 Å². The normalized spacial score (nSPS) is 34.1. The van der Waals surface area contributed by atoms with E-state index in [0.29, 0.717) is 17.2 Å². The number of hydrogen-bond donors (Lipinski definition) is 2. The maximum absolute atomic E-state index is 12.5. The Kier molecular flexibility index (Phi) is 4.97. The molecule has 4 saturated carbocycles. The third kappa shape index (κ3) is 3.68. The highest BCUT2D eigenvalue weighted by atomic mass is 32.2. The van der Waals surface area contributed by atoms with Crippen LogP contribution < -0.4 is 10.6 Å². The topological polar surface area (TPSA) is 66.9 Å². The molecule has 0 aliphatic heterocycles. The van der Waals surface area contributed by atoms with Crippen LogP contribution in [-0.2, 0) is 4.79 Å². The van der Waals surface area contributed by atoms with E-state index in [1.807, 2.05) is 6.92 Å². The van der Waals surface area contributed by atoms with Gasteiger partial charge in [-0.2, -0.15) is 0 Å². The number of thioether (sulfide) groups is 1. The van der Waals surface area contributed by atoms with Crippen LogP contribution in [0.25, 0.3) is 0 Å². The minimum Gasteiger partial charge on any atom is -0.360 e. The van der Waals surface area contributed by atoms with Gasteiger partial charge in [-0.3, -0.25) is 4.79 Å². The first-order valence-corrected chi connectivity index (χ1v) is 11.4. The number of hydrogen-bond acceptors (Lipinski definition) is 6. The van der Waals surface area contributed by atoms with Crippen LogP contribution in [0, 0.1) is 23.2 Å². The predicted molar refractivity (Wildman–Crippen MR) is 103 cm³/mol. The second-order valence-corrected chi connectivity index (χ2v) is 10.5. The minimum absolute atomic E-state index is 0.133. The molecule has 4 aliphatic carbocycles. The first-order chi connectivity index (χ1) is 12.1. The van der Waals surface area contributed by atoms with Crippen LogP contribution in [0.3, 0.4) is 0 Å². The molecule has 1 amide bonds. The van der Waals surface area contributed by atoms with Crippen LogP contribution >= 0.6 is 23.1 Å². The molecule has 4 bridgehead atoms. The van der Waals surface area contributed by atoms with Gasteiger partial charge < -0.3 is 10.6 Å². The Hall–Kier alpha value is -0.820. The molecular formula is C18H28N4OS2. The number of carbonyl (C=O) groups excluding carboxylic acids is 1. The Bertz CT molecular complexity index is 597. The van der Waals surface area contributed by atoms with Gasteiger partial charge >= 0.3 is 0 Å². The van der Waals surface area contributed by atoms with Gasteiger partial charge in [-0.15, -0.1) is 10.2 Å². The summed E-state index contributed by atoms with van der Waals surface area (Å²) in [6.07, 6.45) is 8.32. The molecule has 4 aliphatic rings. The van der Waals surface area contributed by atoms with Crippen molar-refractivity contribution in [2.24, 2.45) is 23.2 Å². The zero-order valence-corrected chi connectivity index (χ0v) is 16.7. The van der Waals surface area contributed by atoms with E-state index in [1.165, 1.54) is 61.6 Å². The highest BCUT2D eigenvalue weighted by Gasteiger charge is 2.53. The number of carbonyl (C=O) groups is 1. The quantitative estimate of drug-likeness (QED) is 0.705. The molecule has 1 aromatic heterocycles. The van der Waals surface area contributed by atoms with E-state index in [-0.39, 0.29) is 5.91 Å². The molecule has 25 heavy (non-hydrogen) atoms. The summed E-state index contributed by atoms with van der Waals surface area (Å²) in [6, 6.07) is 0.292. The molecule has 1 heterocycles. The van der Waals surface area contributed by atoms with Crippen LogP contribution in [0.5, 0.6) is 0 Å². The van der Waals surface area contributed by atoms with E-state index in [4.69, 9.17) is 0 Å². The SMILES string of the molecule is CCNc1nnc(SCC(=O)N[C@@H](C)C23CC4CC(CC(C4)C2)C3)s1. The molecule has 1 aromatic rings. The number of anilines is 1. The van der Waals surface area contributed by atoms with Crippen LogP contribution in [0.15, 0.2) is 4.34 Å². The summed E-state index contributed by atoms with van der Waals surface area (Å²) >= 11 is 3.00. The molecule has 0 unspecified atom stereocenters. The number of aromatic nitrogens is 2. The summed E-state index contributed by atoms with van der Waals surface area (Å²) in [6.45, 7) is 5.11. The average Bonchev–Trinajstić information content (AvgIpc) is 3.00. The summed E-state index contributed by atoms with van der Waals surface area (Å²) in [5.41, 5.74) is 0.371. The largest absolute Gasteiger partial charge is 0.360 e. The molecule has 2 N–H and O–H groups in total. The number of rotatable bonds is 7. The molecule has 0 saturated heterocycles. The van der Waals surface area contributed by atoms with Crippen molar-refractivity contribution < 1.29 is 4.79 Å². The molecule has 0 radical (unpaired) electrons. The molecule has 0 spiro atoms. The molecular weight excluding hydrogens is 352 g/mol. The summed E-state index contributed by atoms with van der Waals surface area (Å²) in [7, 11) is 0. The Morgan fingerprint density at radius 1 is 1.24 bits per heavy atom. The number of amides is 1. The fourth-order valence-corrected chi connectivity index (χ4v) is 7.39. The van der Waals surface area contributed by atoms with Crippen molar-refractivity contribution in [3.63, 3.8) is 0 Å². The van der Waals surface area contributed by atoms with Gasteiger partial charge in [-0.25, -0.2) is 0 Å². The maximum Gasteiger partial charge on any atom is 0.230 e. The highest BCUT2D eigenvalue weighted by Crippen LogP contribution is 2.61. The van der Waals surface area contributed by atoms with E-state index in [2.05, 4.69) is 27.8 Å². The lowest BCUT2D eigenvalue weighted by molar-refractivity contribution is -0.123. The highest BCUT2D eigenvalue weighted by molar-refractivity contribution is 8.01. The van der Waals surface area contributed by atoms with Gasteiger partial charge in [0, 0.05) is 12.6 Å². The van der Waals surface area contributed by atoms with E-state index in [1.54, 1.807) is 0 Å². The zero-order chi connectivity index (χ0) is 17.4. The van der Waals surface area contributed by atoms with Crippen molar-refractivity contribution in [1.82, 2.24) is 15.5 Å². The summed E-state index contributed by atoms with van der Waals surface area (Å²) in [5, 5.41) is 15.5. The summed E-state index contributed by atoms with van der Waals surface area (Å²) < 4.78 is 0.855. The predicted octanol–water partition coefficient (Wildman–Crippen LogP) is 3.78. The van der Waals surface area contributed by atoms with Gasteiger partial charge in [0.2, 0.25) is 11.0 Å². The molecule has 4 fully saturated rings. The zero-order valence-electron chi connectivity index (χ0n) is 15.1. The average molecular weight is 381 g/mol. The van der Waals surface area contributed by atoms with E-state index in [9.17, 15) is 4.79 Å². The van der Waals surface area contributed by atoms with Crippen molar-refractivity contribution in [2.45, 2.75) is 62.8 Å². The van der Waals surface area contributed by atoms with Crippen LogP contribution in [0.2, 0.25) is 0 Å². The van der Waals surface area contributed by atoms with Crippen molar-refractivity contribution in [3.8, 4) is 0 Å². The van der Waals surface area contributed by atoms with Crippen molar-refractivity contribution in [1.29, 1.82) is 0 Å². The smallest absolute Gasteiger partial charge is 0.230 e. The first kappa shape index (κ1) is 17.6. The summed E-state index contributed by atoms with van der Waals surface area (Å²) in [4.78, 5) is 12.5. The third-order valence-corrected chi connectivity index (χ3v) is 8.46. The van der Waals surface area contributed by atoms with Gasteiger partial charge in [0.1, 0.15) is 0 Å². The maximum atomic E-state index is 12.5. The van der Waals surface area contributed by atoms with E-state index < -0.39 is 0 Å². The molecule has 1 atom stereocenters. The molecule has 138 valence electrons. The second kappa shape index (κ2) is 7.06. The fourth-order valence-electron chi connectivity index (χ4n) is 5.76. The van der Waals surface area contributed by atoms with Crippen molar-refractivity contribution in [3.05, 3.63) is 0 Å². The van der Waals surface area contributed by atoms with Crippen molar-refractivity contribution in [2.75, 3.05) is 17.6 Å². The molecule has 5 nitrogen and oxygen atoms in total. The second-order valence-electron chi connectivity index (χ2n) is 8.26. The first-order valence-electron chi connectivity index (χ1n) is 9.56. The van der Waals surface area contributed by atoms with Gasteiger partial charge in [-0.05, 0) is 75.5 Å². The third-order valence-electron chi connectivity index (χ3n) is 6.44. The van der Waals surface area contributed by atoms with Crippen molar-refractivity contribution >= 4 is 34.1 Å². The number of nitrogens with one attached hydrogen (secondary N) is 2. The lowest BCUT2D eigenvalue weighted by atomic mass is 9.48. The molecule has 5 rings (SSSR count). The standard InChI is InChI=1S/C18H28N4OS2/c1-3-19-16-21-22-17(25-16)24-10-15(23)20-11(2)18-7-12-4-13(8-18)6-14(5-12)9-18/h11-14H,3-10H2,1-2H3,(H,19,21)(H,20,23)/t11-,12?,13?,14?,18?/m0/s1. The molecule has 7 heteroatoms. The Balaban J connectivity index is 1.30. The lowest BCUT2D eigenvalue weighted by Crippen LogP contribution is -2.56. The summed E-state index contributed by atoms with van der Waals surface area (Å²) in [5.74, 6) is 3.33. The Morgan fingerprint density at radius 2 is 1.88 bits per heavy atom. The monoisotopic (exact) mass is 380 g/mol. The fraction of sp³-hybridized carbons (Fsp3) is 0.833.